The van der Waals surface area contributed by atoms with Gasteiger partial charge in [-0.25, -0.2) is 13.6 Å². The summed E-state index contributed by atoms with van der Waals surface area (Å²) >= 11 is 0. The smallest absolute Gasteiger partial charge is 0.345 e. The lowest BCUT2D eigenvalue weighted by Gasteiger charge is -2.21. The Morgan fingerprint density at radius 2 is 2.00 bits per heavy atom. The molecule has 1 atom stereocenters. The van der Waals surface area contributed by atoms with E-state index in [0.29, 0.717) is 6.07 Å². The molecule has 128 valence electrons. The van der Waals surface area contributed by atoms with E-state index in [1.54, 1.807) is 0 Å². The minimum Gasteiger partial charge on any atom is -0.479 e. The largest absolute Gasteiger partial charge is 0.479 e. The molecule has 24 heavy (non-hydrogen) atoms. The van der Waals surface area contributed by atoms with Crippen LogP contribution in [0.3, 0.4) is 0 Å². The summed E-state index contributed by atoms with van der Waals surface area (Å²) in [5.41, 5.74) is -1.90. The van der Waals surface area contributed by atoms with Gasteiger partial charge in [0.15, 0.2) is 0 Å². The maximum atomic E-state index is 13.8. The molecule has 1 amide bonds. The first-order valence-corrected chi connectivity index (χ1v) is 6.78. The minimum absolute atomic E-state index is 0.0419. The van der Waals surface area contributed by atoms with Crippen LogP contribution in [-0.2, 0) is 21.4 Å². The van der Waals surface area contributed by atoms with Crippen molar-refractivity contribution in [3.8, 4) is 11.3 Å². The molecule has 0 aliphatic rings. The predicted molar refractivity (Wildman–Crippen MR) is 80.2 cm³/mol. The van der Waals surface area contributed by atoms with E-state index >= 15 is 0 Å². The quantitative estimate of drug-likeness (QED) is 0.810. The third-order valence-corrected chi connectivity index (χ3v) is 3.58. The van der Waals surface area contributed by atoms with Gasteiger partial charge >= 0.3 is 5.97 Å². The molecular weight excluding hydrogens is 324 g/mol. The Balaban J connectivity index is 2.33. The van der Waals surface area contributed by atoms with Crippen LogP contribution in [0.1, 0.15) is 6.92 Å². The fourth-order valence-electron chi connectivity index (χ4n) is 1.93. The summed E-state index contributed by atoms with van der Waals surface area (Å²) < 4.78 is 32.8. The number of nitrogens with one attached hydrogen (secondary N) is 1. The number of aromatic nitrogens is 2. The summed E-state index contributed by atoms with van der Waals surface area (Å²) in [7, 11) is 2.57. The number of aryl methyl sites for hydroxylation is 1. The van der Waals surface area contributed by atoms with Crippen molar-refractivity contribution in [3.05, 3.63) is 35.9 Å². The molecule has 1 aromatic carbocycles. The number of carbonyl (C=O) groups is 2. The highest BCUT2D eigenvalue weighted by molar-refractivity contribution is 6.10. The zero-order chi connectivity index (χ0) is 18.1. The summed E-state index contributed by atoms with van der Waals surface area (Å²) in [5.74, 6) is -3.79. The van der Waals surface area contributed by atoms with Crippen molar-refractivity contribution < 1.29 is 28.2 Å². The number of aliphatic carboxylic acids is 1. The molecule has 0 fully saturated rings. The second-order valence-electron chi connectivity index (χ2n) is 5.16. The lowest BCUT2D eigenvalue weighted by Crippen LogP contribution is -2.49. The van der Waals surface area contributed by atoms with E-state index in [4.69, 9.17) is 9.84 Å². The molecule has 0 radical (unpaired) electrons. The number of carbonyl (C=O) groups excluding carboxylic acids is 1. The number of hydrogen-bond acceptors (Lipinski definition) is 4. The Labute approximate surface area is 135 Å². The Bertz CT molecular complexity index is 806. The molecule has 0 aliphatic heterocycles. The molecule has 0 saturated carbocycles. The van der Waals surface area contributed by atoms with E-state index in [1.807, 2.05) is 0 Å². The first-order chi connectivity index (χ1) is 11.2. The summed E-state index contributed by atoms with van der Waals surface area (Å²) in [6.45, 7) is 1.10. The molecule has 1 heterocycles. The molecule has 7 nitrogen and oxygen atoms in total. The van der Waals surface area contributed by atoms with E-state index in [2.05, 4.69) is 10.4 Å². The number of ether oxygens (including phenoxy) is 1. The Morgan fingerprint density at radius 3 is 2.54 bits per heavy atom. The summed E-state index contributed by atoms with van der Waals surface area (Å²) in [4.78, 5) is 23.3. The van der Waals surface area contributed by atoms with Gasteiger partial charge in [0.2, 0.25) is 5.60 Å². The number of rotatable bonds is 5. The molecule has 2 N–H and O–H groups in total. The first kappa shape index (κ1) is 17.5. The van der Waals surface area contributed by atoms with Crippen molar-refractivity contribution in [2.75, 3.05) is 12.4 Å². The molecule has 0 bridgehead atoms. The van der Waals surface area contributed by atoms with Crippen LogP contribution >= 0.6 is 0 Å². The van der Waals surface area contributed by atoms with E-state index in [1.165, 1.54) is 23.9 Å². The van der Waals surface area contributed by atoms with Crippen LogP contribution in [0.5, 0.6) is 0 Å². The van der Waals surface area contributed by atoms with Gasteiger partial charge in [-0.05, 0) is 19.1 Å². The number of methoxy groups -OCH3 is 1. The molecule has 0 saturated heterocycles. The second kappa shape index (κ2) is 6.36. The standard InChI is InChI=1S/C15H15F2N3O4/c1-15(24-3,14(22)23)13(21)18-12-7-11(19-20(12)2)9-5-4-8(16)6-10(9)17/h4-7H,1-3H3,(H,18,21)(H,22,23). The van der Waals surface area contributed by atoms with Crippen LogP contribution in [0.25, 0.3) is 11.3 Å². The van der Waals surface area contributed by atoms with Crippen molar-refractivity contribution in [3.63, 3.8) is 0 Å². The average Bonchev–Trinajstić information content (AvgIpc) is 2.86. The van der Waals surface area contributed by atoms with Crippen LogP contribution in [0.2, 0.25) is 0 Å². The third kappa shape index (κ3) is 3.11. The Morgan fingerprint density at radius 1 is 1.33 bits per heavy atom. The highest BCUT2D eigenvalue weighted by atomic mass is 19.1. The zero-order valence-corrected chi connectivity index (χ0v) is 13.1. The van der Waals surface area contributed by atoms with Crippen molar-refractivity contribution in [2.24, 2.45) is 7.05 Å². The maximum absolute atomic E-state index is 13.8. The van der Waals surface area contributed by atoms with Gasteiger partial charge in [-0.2, -0.15) is 5.10 Å². The zero-order valence-electron chi connectivity index (χ0n) is 13.1. The molecule has 1 unspecified atom stereocenters. The van der Waals surface area contributed by atoms with Crippen LogP contribution in [0.4, 0.5) is 14.6 Å². The number of nitrogens with zero attached hydrogens (tertiary/aromatic N) is 2. The third-order valence-electron chi connectivity index (χ3n) is 3.58. The predicted octanol–water partition coefficient (Wildman–Crippen LogP) is 1.79. The molecule has 9 heteroatoms. The van der Waals surface area contributed by atoms with E-state index in [0.717, 1.165) is 20.1 Å². The molecule has 2 rings (SSSR count). The lowest BCUT2D eigenvalue weighted by atomic mass is 10.1. The Kier molecular flexibility index (Phi) is 4.65. The van der Waals surface area contributed by atoms with E-state index < -0.39 is 29.1 Å². The van der Waals surface area contributed by atoms with Crippen LogP contribution in [0.15, 0.2) is 24.3 Å². The van der Waals surface area contributed by atoms with Gasteiger partial charge < -0.3 is 15.2 Å². The first-order valence-electron chi connectivity index (χ1n) is 6.78. The molecule has 1 aromatic heterocycles. The van der Waals surface area contributed by atoms with E-state index in [-0.39, 0.29) is 17.1 Å². The number of amides is 1. The summed E-state index contributed by atoms with van der Waals surface area (Å²) in [6, 6.07) is 4.35. The topological polar surface area (TPSA) is 93.4 Å². The lowest BCUT2D eigenvalue weighted by molar-refractivity contribution is -0.165. The molecule has 2 aromatic rings. The van der Waals surface area contributed by atoms with Gasteiger partial charge in [0, 0.05) is 31.9 Å². The van der Waals surface area contributed by atoms with Gasteiger partial charge in [0.1, 0.15) is 17.5 Å². The van der Waals surface area contributed by atoms with Crippen LogP contribution < -0.4 is 5.32 Å². The monoisotopic (exact) mass is 339 g/mol. The number of benzene rings is 1. The van der Waals surface area contributed by atoms with E-state index in [9.17, 15) is 18.4 Å². The number of carboxylic acid groups (broad SMARTS) is 1. The average molecular weight is 339 g/mol. The van der Waals surface area contributed by atoms with Crippen LogP contribution in [0, 0.1) is 11.6 Å². The fourth-order valence-corrected chi connectivity index (χ4v) is 1.93. The molecule has 0 aliphatic carbocycles. The van der Waals surface area contributed by atoms with Crippen molar-refractivity contribution in [1.29, 1.82) is 0 Å². The van der Waals surface area contributed by atoms with Crippen molar-refractivity contribution in [1.82, 2.24) is 9.78 Å². The minimum atomic E-state index is -2.09. The van der Waals surface area contributed by atoms with Crippen molar-refractivity contribution in [2.45, 2.75) is 12.5 Å². The fraction of sp³-hybridized carbons (Fsp3) is 0.267. The van der Waals surface area contributed by atoms with Gasteiger partial charge in [0.05, 0.1) is 5.69 Å². The number of halogens is 2. The van der Waals surface area contributed by atoms with Gasteiger partial charge in [0.25, 0.3) is 5.91 Å². The van der Waals surface area contributed by atoms with Crippen molar-refractivity contribution >= 4 is 17.7 Å². The normalized spacial score (nSPS) is 13.4. The SMILES string of the molecule is COC(C)(C(=O)O)C(=O)Nc1cc(-c2ccc(F)cc2F)nn1C. The Hall–Kier alpha value is -2.81. The summed E-state index contributed by atoms with van der Waals surface area (Å²) in [5, 5.41) is 15.5. The highest BCUT2D eigenvalue weighted by Gasteiger charge is 2.42. The second-order valence-corrected chi connectivity index (χ2v) is 5.16. The van der Waals surface area contributed by atoms with Gasteiger partial charge in [-0.3, -0.25) is 9.48 Å². The maximum Gasteiger partial charge on any atom is 0.345 e. The van der Waals surface area contributed by atoms with Crippen LogP contribution in [-0.4, -0.2) is 39.5 Å². The number of hydrogen-bond donors (Lipinski definition) is 2. The van der Waals surface area contributed by atoms with Gasteiger partial charge in [-0.15, -0.1) is 0 Å². The highest BCUT2D eigenvalue weighted by Crippen LogP contribution is 2.25. The molecular formula is C15H15F2N3O4. The molecule has 0 spiro atoms. The number of carboxylic acids is 1. The number of anilines is 1. The van der Waals surface area contributed by atoms with Gasteiger partial charge in [-0.1, -0.05) is 0 Å². The summed E-state index contributed by atoms with van der Waals surface area (Å²) in [6.07, 6.45) is 0.